The summed E-state index contributed by atoms with van der Waals surface area (Å²) in [5, 5.41) is 7.53. The normalized spacial score (nSPS) is 11.9. The van der Waals surface area contributed by atoms with E-state index in [1.165, 1.54) is 24.3 Å². The maximum atomic E-state index is 10.8. The summed E-state index contributed by atoms with van der Waals surface area (Å²) >= 11 is 6.51. The molecule has 0 aromatic heterocycles. The summed E-state index contributed by atoms with van der Waals surface area (Å²) in [4.78, 5) is 29.5. The number of hydrogen-bond donors (Lipinski definition) is 1. The second-order valence-corrected chi connectivity index (χ2v) is 3.61. The first-order chi connectivity index (χ1) is 8.19. The van der Waals surface area contributed by atoms with Crippen LogP contribution in [0.2, 0.25) is 0 Å². The second-order valence-electron chi connectivity index (χ2n) is 2.48. The van der Waals surface area contributed by atoms with Gasteiger partial charge in [0, 0.05) is 5.41 Å². The van der Waals surface area contributed by atoms with Crippen molar-refractivity contribution in [3.8, 4) is 0 Å². The minimum Gasteiger partial charge on any atom is -0.398 e. The van der Waals surface area contributed by atoms with E-state index in [4.69, 9.17) is 11.6 Å². The summed E-state index contributed by atoms with van der Waals surface area (Å²) in [5.74, 6) is -0.0625. The van der Waals surface area contributed by atoms with Crippen molar-refractivity contribution in [3.05, 3.63) is 11.1 Å². The van der Waals surface area contributed by atoms with Crippen LogP contribution in [0.3, 0.4) is 0 Å². The zero-order valence-corrected chi connectivity index (χ0v) is 10.8. The average Bonchev–Trinajstić information content (AvgIpc) is 2.36. The van der Waals surface area contributed by atoms with Crippen LogP contribution in [0.1, 0.15) is 0 Å². The molecule has 0 rings (SSSR count). The molecule has 6 nitrogen and oxygen atoms in total. The number of hydrogen-bond acceptors (Lipinski definition) is 6. The topological polar surface area (TPSA) is 80.1 Å². The highest BCUT2D eigenvalue weighted by atomic mass is 35.5. The Bertz CT molecular complexity index is 344. The van der Waals surface area contributed by atoms with E-state index in [-0.39, 0.29) is 23.2 Å². The molecule has 0 spiro atoms. The van der Waals surface area contributed by atoms with E-state index < -0.39 is 0 Å². The number of thioether (sulfide) groups is 1. The van der Waals surface area contributed by atoms with E-state index in [9.17, 15) is 9.59 Å². The Balaban J connectivity index is 4.35. The molecule has 0 aromatic carbocycles. The molecule has 8 heteroatoms. The highest BCUT2D eigenvalue weighted by Crippen LogP contribution is 2.08. The molecule has 0 aliphatic rings. The van der Waals surface area contributed by atoms with Crippen molar-refractivity contribution in [1.29, 1.82) is 0 Å². The highest BCUT2D eigenvalue weighted by Gasteiger charge is 2.04. The molecule has 0 saturated carbocycles. The van der Waals surface area contributed by atoms with Gasteiger partial charge in [-0.3, -0.25) is 14.6 Å². The van der Waals surface area contributed by atoms with Crippen LogP contribution < -0.4 is 5.32 Å². The molecule has 17 heavy (non-hydrogen) atoms. The fourth-order valence-corrected chi connectivity index (χ4v) is 1.47. The third-order valence-corrected chi connectivity index (χ3v) is 2.35. The standard InChI is InChI=1S/C9H12ClN3O3S/c1-11-8(7(4-14)13-16-2)5-17-6-12-9(15)3-10/h4-5H,1,3,6H2,2H3,(H,12,15)/b8-5-,13-7+. The molecule has 0 fully saturated rings. The maximum absolute atomic E-state index is 10.8. The van der Waals surface area contributed by atoms with Gasteiger partial charge >= 0.3 is 0 Å². The number of amides is 1. The second kappa shape index (κ2) is 9.86. The fraction of sp³-hybridized carbons (Fsp3) is 0.333. The van der Waals surface area contributed by atoms with Gasteiger partial charge in [0.1, 0.15) is 18.7 Å². The first-order valence-corrected chi connectivity index (χ1v) is 5.95. The lowest BCUT2D eigenvalue weighted by atomic mass is 10.3. The number of nitrogens with one attached hydrogen (secondary N) is 1. The molecule has 94 valence electrons. The van der Waals surface area contributed by atoms with Crippen molar-refractivity contribution in [3.63, 3.8) is 0 Å². The molecule has 0 aliphatic carbocycles. The first-order valence-electron chi connectivity index (χ1n) is 4.37. The van der Waals surface area contributed by atoms with E-state index in [1.54, 1.807) is 0 Å². The van der Waals surface area contributed by atoms with Crippen molar-refractivity contribution in [1.82, 2.24) is 5.32 Å². The molecule has 0 unspecified atom stereocenters. The van der Waals surface area contributed by atoms with Crippen LogP contribution >= 0.6 is 23.4 Å². The van der Waals surface area contributed by atoms with Crippen LogP contribution in [0.5, 0.6) is 0 Å². The summed E-state index contributed by atoms with van der Waals surface area (Å²) in [6, 6.07) is 0. The minimum atomic E-state index is -0.276. The van der Waals surface area contributed by atoms with Crippen molar-refractivity contribution in [2.45, 2.75) is 0 Å². The molecule has 0 aromatic rings. The van der Waals surface area contributed by atoms with Crippen LogP contribution in [-0.2, 0) is 14.4 Å². The highest BCUT2D eigenvalue weighted by molar-refractivity contribution is 8.02. The molecule has 1 N–H and O–H groups in total. The molecule has 0 aliphatic heterocycles. The van der Waals surface area contributed by atoms with Gasteiger partial charge < -0.3 is 10.2 Å². The molecule has 1 amide bonds. The van der Waals surface area contributed by atoms with E-state index >= 15 is 0 Å². The SMILES string of the molecule is C=NC(=C\SCNC(=O)CCl)/C(C=O)=N/OC. The summed E-state index contributed by atoms with van der Waals surface area (Å²) in [5.41, 5.74) is 0.297. The zero-order valence-electron chi connectivity index (χ0n) is 9.18. The Morgan fingerprint density at radius 2 is 2.35 bits per heavy atom. The Hall–Kier alpha value is -1.34. The third-order valence-electron chi connectivity index (χ3n) is 1.40. The number of oxime groups is 1. The van der Waals surface area contributed by atoms with Gasteiger partial charge in [-0.25, -0.2) is 0 Å². The van der Waals surface area contributed by atoms with Crippen LogP contribution in [0.4, 0.5) is 0 Å². The predicted molar refractivity (Wildman–Crippen MR) is 69.5 cm³/mol. The summed E-state index contributed by atoms with van der Waals surface area (Å²) in [6.07, 6.45) is 0.502. The number of nitrogens with zero attached hydrogens (tertiary/aromatic N) is 2. The largest absolute Gasteiger partial charge is 0.398 e. The Labute approximate surface area is 108 Å². The molecule has 0 heterocycles. The number of allylic oxidation sites excluding steroid dienone is 1. The van der Waals surface area contributed by atoms with Gasteiger partial charge in [0.05, 0.1) is 5.88 Å². The van der Waals surface area contributed by atoms with Crippen LogP contribution in [0.15, 0.2) is 21.3 Å². The fourth-order valence-electron chi connectivity index (χ4n) is 0.696. The van der Waals surface area contributed by atoms with Crippen LogP contribution in [-0.4, -0.2) is 43.5 Å². The summed E-state index contributed by atoms with van der Waals surface area (Å²) in [6.45, 7) is 3.31. The van der Waals surface area contributed by atoms with E-state index in [2.05, 4.69) is 27.0 Å². The smallest absolute Gasteiger partial charge is 0.235 e. The summed E-state index contributed by atoms with van der Waals surface area (Å²) < 4.78 is 0. The Morgan fingerprint density at radius 3 is 2.82 bits per heavy atom. The number of aldehydes is 1. The number of halogens is 1. The maximum Gasteiger partial charge on any atom is 0.235 e. The molecule has 0 bridgehead atoms. The monoisotopic (exact) mass is 277 g/mol. The summed E-state index contributed by atoms with van der Waals surface area (Å²) in [7, 11) is 1.32. The Kier molecular flexibility index (Phi) is 9.08. The molecule has 0 radical (unpaired) electrons. The number of carbonyl (C=O) groups excluding carboxylic acids is 2. The molecular weight excluding hydrogens is 266 g/mol. The van der Waals surface area contributed by atoms with E-state index in [1.807, 2.05) is 0 Å². The predicted octanol–water partition coefficient (Wildman–Crippen LogP) is 0.775. The van der Waals surface area contributed by atoms with Crippen LogP contribution in [0.25, 0.3) is 0 Å². The number of carbonyl (C=O) groups is 2. The van der Waals surface area contributed by atoms with Gasteiger partial charge in [0.15, 0.2) is 12.0 Å². The Morgan fingerprint density at radius 1 is 1.65 bits per heavy atom. The van der Waals surface area contributed by atoms with Crippen molar-refractivity contribution >= 4 is 48.0 Å². The lowest BCUT2D eigenvalue weighted by molar-refractivity contribution is -0.118. The molecule has 0 saturated heterocycles. The van der Waals surface area contributed by atoms with Gasteiger partial charge in [-0.1, -0.05) is 5.16 Å². The van der Waals surface area contributed by atoms with Gasteiger partial charge in [-0.15, -0.1) is 23.4 Å². The molecular formula is C9H12ClN3O3S. The number of alkyl halides is 1. The van der Waals surface area contributed by atoms with Gasteiger partial charge in [-0.05, 0) is 6.72 Å². The minimum absolute atomic E-state index is 0.0265. The van der Waals surface area contributed by atoms with Crippen molar-refractivity contribution < 1.29 is 14.4 Å². The number of rotatable bonds is 8. The quantitative estimate of drug-likeness (QED) is 0.177. The lowest BCUT2D eigenvalue weighted by Crippen LogP contribution is -2.23. The van der Waals surface area contributed by atoms with Crippen molar-refractivity contribution in [2.24, 2.45) is 10.1 Å². The van der Waals surface area contributed by atoms with E-state index in [0.29, 0.717) is 12.2 Å². The van der Waals surface area contributed by atoms with Crippen LogP contribution in [0, 0.1) is 0 Å². The van der Waals surface area contributed by atoms with Gasteiger partial charge in [0.2, 0.25) is 5.91 Å². The van der Waals surface area contributed by atoms with Gasteiger partial charge in [0.25, 0.3) is 0 Å². The zero-order chi connectivity index (χ0) is 13.1. The third kappa shape index (κ3) is 6.75. The van der Waals surface area contributed by atoms with E-state index in [0.717, 1.165) is 0 Å². The van der Waals surface area contributed by atoms with Gasteiger partial charge in [-0.2, -0.15) is 0 Å². The lowest BCUT2D eigenvalue weighted by Gasteiger charge is -2.01. The van der Waals surface area contributed by atoms with Crippen molar-refractivity contribution in [2.75, 3.05) is 18.9 Å². The first kappa shape index (κ1) is 15.7. The number of aliphatic imine (C=N–C) groups is 1. The average molecular weight is 278 g/mol. The molecule has 0 atom stereocenters.